The van der Waals surface area contributed by atoms with Crippen molar-refractivity contribution in [3.8, 4) is 11.5 Å². The molecule has 142 valence electrons. The van der Waals surface area contributed by atoms with Crippen LogP contribution in [0.4, 0.5) is 11.6 Å². The number of ether oxygens (including phenoxy) is 2. The second-order valence-electron chi connectivity index (χ2n) is 6.98. The Morgan fingerprint density at radius 2 is 2.00 bits per heavy atom. The van der Waals surface area contributed by atoms with Crippen LogP contribution in [0.2, 0.25) is 0 Å². The summed E-state index contributed by atoms with van der Waals surface area (Å²) in [6.45, 7) is 2.30. The lowest BCUT2D eigenvalue weighted by atomic mass is 10.3. The second-order valence-corrected chi connectivity index (χ2v) is 7.93. The molecule has 1 aromatic carbocycles. The van der Waals surface area contributed by atoms with Crippen LogP contribution in [0.25, 0.3) is 0 Å². The van der Waals surface area contributed by atoms with Gasteiger partial charge in [-0.2, -0.15) is 0 Å². The number of amides is 1. The van der Waals surface area contributed by atoms with Crippen molar-refractivity contribution in [2.75, 3.05) is 35.9 Å². The Balaban J connectivity index is 1.24. The van der Waals surface area contributed by atoms with Crippen molar-refractivity contribution in [2.24, 2.45) is 0 Å². The van der Waals surface area contributed by atoms with Gasteiger partial charge in [0.1, 0.15) is 0 Å². The Bertz CT molecular complexity index is 861. The quantitative estimate of drug-likeness (QED) is 0.763. The predicted octanol–water partition coefficient (Wildman–Crippen LogP) is 2.67. The van der Waals surface area contributed by atoms with Gasteiger partial charge in [-0.1, -0.05) is 11.8 Å². The summed E-state index contributed by atoms with van der Waals surface area (Å²) in [4.78, 5) is 14.7. The summed E-state index contributed by atoms with van der Waals surface area (Å²) in [6, 6.07) is 5.88. The Labute approximate surface area is 161 Å². The van der Waals surface area contributed by atoms with Crippen molar-refractivity contribution in [2.45, 2.75) is 36.9 Å². The van der Waals surface area contributed by atoms with E-state index in [-0.39, 0.29) is 12.7 Å². The Kier molecular flexibility index (Phi) is 4.31. The fraction of sp³-hybridized carbons (Fsp3) is 0.500. The molecular formula is C18H21N5O3S. The molecule has 5 rings (SSSR count). The molecule has 1 aromatic heterocycles. The summed E-state index contributed by atoms with van der Waals surface area (Å²) in [5.41, 5.74) is 0.700. The number of carbonyl (C=O) groups is 1. The molecule has 1 aliphatic carbocycles. The maximum Gasteiger partial charge on any atom is 0.234 e. The van der Waals surface area contributed by atoms with Crippen molar-refractivity contribution in [1.82, 2.24) is 14.8 Å². The van der Waals surface area contributed by atoms with E-state index in [2.05, 4.69) is 25.0 Å². The number of fused-ring (bicyclic) bond motifs is 1. The molecule has 27 heavy (non-hydrogen) atoms. The van der Waals surface area contributed by atoms with Crippen LogP contribution in [0.5, 0.6) is 11.5 Å². The standard InChI is InChI=1S/C18H21N5O3S/c24-16(19-12-3-6-14-15(9-12)26-11-25-14)10-27-18-21-20-17(22-7-1-2-8-22)23(18)13-4-5-13/h3,6,9,13H,1-2,4-5,7-8,10-11H2,(H,19,24). The SMILES string of the molecule is O=C(CSc1nnc(N2CCCC2)n1C1CC1)Nc1ccc2c(c1)OCO2. The van der Waals surface area contributed by atoms with Crippen LogP contribution in [0.15, 0.2) is 23.4 Å². The van der Waals surface area contributed by atoms with Gasteiger partial charge in [-0.15, -0.1) is 10.2 Å². The van der Waals surface area contributed by atoms with E-state index in [0.29, 0.717) is 29.0 Å². The molecule has 2 aliphatic heterocycles. The van der Waals surface area contributed by atoms with Crippen LogP contribution in [-0.4, -0.2) is 46.3 Å². The van der Waals surface area contributed by atoms with Gasteiger partial charge in [-0.25, -0.2) is 0 Å². The Morgan fingerprint density at radius 3 is 2.81 bits per heavy atom. The lowest BCUT2D eigenvalue weighted by Gasteiger charge is -2.17. The van der Waals surface area contributed by atoms with E-state index in [9.17, 15) is 4.79 Å². The molecule has 2 aromatic rings. The first-order valence-corrected chi connectivity index (χ1v) is 10.3. The molecule has 8 nitrogen and oxygen atoms in total. The Morgan fingerprint density at radius 1 is 1.19 bits per heavy atom. The molecule has 1 N–H and O–H groups in total. The highest BCUT2D eigenvalue weighted by molar-refractivity contribution is 7.99. The third-order valence-corrected chi connectivity index (χ3v) is 5.88. The zero-order chi connectivity index (χ0) is 18.2. The smallest absolute Gasteiger partial charge is 0.234 e. The maximum absolute atomic E-state index is 12.4. The molecule has 2 fully saturated rings. The van der Waals surface area contributed by atoms with E-state index in [4.69, 9.17) is 9.47 Å². The second kappa shape index (κ2) is 6.95. The topological polar surface area (TPSA) is 81.5 Å². The van der Waals surface area contributed by atoms with E-state index >= 15 is 0 Å². The fourth-order valence-corrected chi connectivity index (χ4v) is 4.25. The van der Waals surface area contributed by atoms with E-state index in [1.807, 2.05) is 6.07 Å². The highest BCUT2D eigenvalue weighted by atomic mass is 32.2. The molecule has 0 unspecified atom stereocenters. The van der Waals surface area contributed by atoms with Gasteiger partial charge in [0.25, 0.3) is 0 Å². The molecule has 0 spiro atoms. The van der Waals surface area contributed by atoms with Gasteiger partial charge in [-0.05, 0) is 37.8 Å². The van der Waals surface area contributed by atoms with Crippen LogP contribution in [0.3, 0.4) is 0 Å². The molecule has 0 bridgehead atoms. The molecule has 1 amide bonds. The summed E-state index contributed by atoms with van der Waals surface area (Å²) in [5.74, 6) is 2.54. The highest BCUT2D eigenvalue weighted by Gasteiger charge is 2.32. The van der Waals surface area contributed by atoms with Gasteiger partial charge in [0.2, 0.25) is 18.6 Å². The summed E-state index contributed by atoms with van der Waals surface area (Å²) >= 11 is 1.44. The first-order valence-electron chi connectivity index (χ1n) is 9.30. The van der Waals surface area contributed by atoms with Crippen molar-refractivity contribution < 1.29 is 14.3 Å². The monoisotopic (exact) mass is 387 g/mol. The van der Waals surface area contributed by atoms with Gasteiger partial charge >= 0.3 is 0 Å². The maximum atomic E-state index is 12.4. The molecule has 3 aliphatic rings. The minimum absolute atomic E-state index is 0.0769. The largest absolute Gasteiger partial charge is 0.454 e. The summed E-state index contributed by atoms with van der Waals surface area (Å²) in [6.07, 6.45) is 4.74. The summed E-state index contributed by atoms with van der Waals surface area (Å²) < 4.78 is 12.9. The zero-order valence-electron chi connectivity index (χ0n) is 14.9. The Hall–Kier alpha value is -2.42. The van der Waals surface area contributed by atoms with E-state index < -0.39 is 0 Å². The number of aromatic nitrogens is 3. The van der Waals surface area contributed by atoms with Crippen LogP contribution < -0.4 is 19.7 Å². The third kappa shape index (κ3) is 3.43. The average Bonchev–Trinajstić information content (AvgIpc) is 3.08. The van der Waals surface area contributed by atoms with Crippen molar-refractivity contribution in [3.63, 3.8) is 0 Å². The average molecular weight is 387 g/mol. The summed E-state index contributed by atoms with van der Waals surface area (Å²) in [5, 5.41) is 12.5. The van der Waals surface area contributed by atoms with E-state index in [1.54, 1.807) is 12.1 Å². The number of hydrogen-bond donors (Lipinski definition) is 1. The van der Waals surface area contributed by atoms with E-state index in [0.717, 1.165) is 37.0 Å². The number of thioether (sulfide) groups is 1. The molecular weight excluding hydrogens is 366 g/mol. The number of rotatable bonds is 6. The first kappa shape index (κ1) is 16.7. The number of carbonyl (C=O) groups excluding carboxylic acids is 1. The van der Waals surface area contributed by atoms with E-state index in [1.165, 1.54) is 24.6 Å². The van der Waals surface area contributed by atoms with Crippen LogP contribution >= 0.6 is 11.8 Å². The molecule has 0 atom stereocenters. The molecule has 0 radical (unpaired) electrons. The molecule has 1 saturated heterocycles. The third-order valence-electron chi connectivity index (χ3n) is 4.94. The predicted molar refractivity (Wildman–Crippen MR) is 102 cm³/mol. The van der Waals surface area contributed by atoms with Crippen LogP contribution in [0.1, 0.15) is 31.7 Å². The van der Waals surface area contributed by atoms with Crippen LogP contribution in [-0.2, 0) is 4.79 Å². The minimum atomic E-state index is -0.0769. The van der Waals surface area contributed by atoms with Crippen molar-refractivity contribution in [3.05, 3.63) is 18.2 Å². The first-order chi connectivity index (χ1) is 13.3. The number of hydrogen-bond acceptors (Lipinski definition) is 7. The lowest BCUT2D eigenvalue weighted by molar-refractivity contribution is -0.113. The summed E-state index contributed by atoms with van der Waals surface area (Å²) in [7, 11) is 0. The van der Waals surface area contributed by atoms with Crippen molar-refractivity contribution in [1.29, 1.82) is 0 Å². The number of nitrogens with zero attached hydrogens (tertiary/aromatic N) is 4. The van der Waals surface area contributed by atoms with Crippen LogP contribution in [0, 0.1) is 0 Å². The van der Waals surface area contributed by atoms with Gasteiger partial charge in [0.15, 0.2) is 16.7 Å². The van der Waals surface area contributed by atoms with Crippen molar-refractivity contribution >= 4 is 29.3 Å². The molecule has 3 heterocycles. The minimum Gasteiger partial charge on any atom is -0.454 e. The number of benzene rings is 1. The molecule has 1 saturated carbocycles. The van der Waals surface area contributed by atoms with Gasteiger partial charge in [0.05, 0.1) is 5.75 Å². The molecule has 9 heteroatoms. The van der Waals surface area contributed by atoms with Gasteiger partial charge in [0, 0.05) is 30.9 Å². The normalized spacial score (nSPS) is 18.1. The fourth-order valence-electron chi connectivity index (χ4n) is 3.45. The van der Waals surface area contributed by atoms with Gasteiger partial charge in [-0.3, -0.25) is 9.36 Å². The highest BCUT2D eigenvalue weighted by Crippen LogP contribution is 2.41. The zero-order valence-corrected chi connectivity index (χ0v) is 15.7. The van der Waals surface area contributed by atoms with Gasteiger partial charge < -0.3 is 19.7 Å². The number of anilines is 2. The number of nitrogens with one attached hydrogen (secondary N) is 1. The lowest BCUT2D eigenvalue weighted by Crippen LogP contribution is -2.22.